The number of likely N-dealkylation sites (N-methyl/N-ethyl adjacent to an activating group) is 1. The van der Waals surface area contributed by atoms with Gasteiger partial charge in [0.1, 0.15) is 5.69 Å². The summed E-state index contributed by atoms with van der Waals surface area (Å²) in [4.78, 5) is 11.3. The molecular formula is C15H24N4O2. The van der Waals surface area contributed by atoms with Crippen LogP contribution < -0.4 is 10.1 Å². The van der Waals surface area contributed by atoms with Crippen molar-refractivity contribution in [2.45, 2.75) is 38.0 Å². The molecule has 3 heterocycles. The van der Waals surface area contributed by atoms with Gasteiger partial charge < -0.3 is 14.8 Å². The molecule has 3 rings (SSSR count). The minimum Gasteiger partial charge on any atom is -0.480 e. The van der Waals surface area contributed by atoms with Crippen molar-refractivity contribution in [2.24, 2.45) is 0 Å². The zero-order valence-electron chi connectivity index (χ0n) is 12.8. The van der Waals surface area contributed by atoms with Crippen LogP contribution in [0.2, 0.25) is 0 Å². The number of nitrogens with one attached hydrogen (secondary N) is 1. The predicted octanol–water partition coefficient (Wildman–Crippen LogP) is 0.999. The number of fused-ring (bicyclic) bond motifs is 1. The summed E-state index contributed by atoms with van der Waals surface area (Å²) in [5.41, 5.74) is 0.837. The highest BCUT2D eigenvalue weighted by atomic mass is 16.5. The third-order valence-corrected chi connectivity index (χ3v) is 4.39. The lowest BCUT2D eigenvalue weighted by Gasteiger charge is -2.38. The Hall–Kier alpha value is -1.24. The normalized spacial score (nSPS) is 27.3. The van der Waals surface area contributed by atoms with E-state index in [0.29, 0.717) is 11.9 Å². The first kappa shape index (κ1) is 14.7. The van der Waals surface area contributed by atoms with Gasteiger partial charge in [0.2, 0.25) is 5.88 Å². The molecule has 3 atom stereocenters. The van der Waals surface area contributed by atoms with Crippen molar-refractivity contribution in [1.29, 1.82) is 0 Å². The number of aromatic nitrogens is 2. The summed E-state index contributed by atoms with van der Waals surface area (Å²) in [7, 11) is 1.63. The molecule has 0 spiro atoms. The molecule has 3 unspecified atom stereocenters. The molecular weight excluding hydrogens is 268 g/mol. The smallest absolute Gasteiger partial charge is 0.237 e. The highest BCUT2D eigenvalue weighted by Crippen LogP contribution is 2.30. The van der Waals surface area contributed by atoms with Gasteiger partial charge in [-0.05, 0) is 25.9 Å². The summed E-state index contributed by atoms with van der Waals surface area (Å²) in [5.74, 6) is 0.579. The molecule has 6 nitrogen and oxygen atoms in total. The van der Waals surface area contributed by atoms with E-state index in [1.165, 1.54) is 19.4 Å². The van der Waals surface area contributed by atoms with E-state index in [1.807, 2.05) is 0 Å². The Bertz CT molecular complexity index is 471. The fourth-order valence-electron chi connectivity index (χ4n) is 3.38. The van der Waals surface area contributed by atoms with E-state index in [4.69, 9.17) is 9.47 Å². The van der Waals surface area contributed by atoms with Crippen molar-refractivity contribution in [3.05, 3.63) is 18.1 Å². The Labute approximate surface area is 125 Å². The van der Waals surface area contributed by atoms with Gasteiger partial charge in [-0.2, -0.15) is 0 Å². The zero-order valence-corrected chi connectivity index (χ0v) is 12.8. The molecule has 1 aromatic heterocycles. The second-order valence-corrected chi connectivity index (χ2v) is 5.65. The van der Waals surface area contributed by atoms with Crippen LogP contribution in [0, 0.1) is 0 Å². The van der Waals surface area contributed by atoms with Gasteiger partial charge in [0.25, 0.3) is 0 Å². The van der Waals surface area contributed by atoms with Crippen molar-refractivity contribution in [1.82, 2.24) is 20.2 Å². The molecule has 2 saturated heterocycles. The predicted molar refractivity (Wildman–Crippen MR) is 79.3 cm³/mol. The van der Waals surface area contributed by atoms with Crippen molar-refractivity contribution in [3.8, 4) is 5.88 Å². The van der Waals surface area contributed by atoms with Crippen LogP contribution in [0.4, 0.5) is 0 Å². The first-order valence-corrected chi connectivity index (χ1v) is 7.77. The molecule has 2 aliphatic heterocycles. The Morgan fingerprint density at radius 1 is 1.48 bits per heavy atom. The standard InChI is InChI=1S/C15H24N4O2/c1-3-16-13(14-15(20-2)18-7-6-17-14)12-9-19-8-4-5-11(19)10-21-12/h6-7,11-13,16H,3-5,8-10H2,1-2H3. The lowest BCUT2D eigenvalue weighted by atomic mass is 10.0. The lowest BCUT2D eigenvalue weighted by Crippen LogP contribution is -2.50. The maximum Gasteiger partial charge on any atom is 0.237 e. The van der Waals surface area contributed by atoms with E-state index in [-0.39, 0.29) is 12.1 Å². The van der Waals surface area contributed by atoms with Crippen LogP contribution in [-0.2, 0) is 4.74 Å². The Morgan fingerprint density at radius 2 is 2.33 bits per heavy atom. The first-order valence-electron chi connectivity index (χ1n) is 7.77. The minimum absolute atomic E-state index is 0.0141. The van der Waals surface area contributed by atoms with Crippen LogP contribution in [0.25, 0.3) is 0 Å². The summed E-state index contributed by atoms with van der Waals surface area (Å²) in [6.45, 7) is 5.89. The van der Waals surface area contributed by atoms with Gasteiger partial charge in [-0.25, -0.2) is 4.98 Å². The van der Waals surface area contributed by atoms with E-state index in [2.05, 4.69) is 27.1 Å². The SMILES string of the molecule is CCNC(c1nccnc1OC)C1CN2CCCC2CO1. The average Bonchev–Trinajstić information content (AvgIpc) is 3.00. The fraction of sp³-hybridized carbons (Fsp3) is 0.733. The van der Waals surface area contributed by atoms with Crippen LogP contribution in [0.5, 0.6) is 5.88 Å². The molecule has 0 aliphatic carbocycles. The van der Waals surface area contributed by atoms with E-state index in [9.17, 15) is 0 Å². The van der Waals surface area contributed by atoms with Gasteiger partial charge in [0.05, 0.1) is 25.9 Å². The Morgan fingerprint density at radius 3 is 3.14 bits per heavy atom. The van der Waals surface area contributed by atoms with Gasteiger partial charge in [0, 0.05) is 25.0 Å². The highest BCUT2D eigenvalue weighted by Gasteiger charge is 2.37. The number of morpholine rings is 1. The van der Waals surface area contributed by atoms with Crippen LogP contribution in [0.3, 0.4) is 0 Å². The Balaban J connectivity index is 1.80. The highest BCUT2D eigenvalue weighted by molar-refractivity contribution is 5.23. The average molecular weight is 292 g/mol. The summed E-state index contributed by atoms with van der Waals surface area (Å²) in [5, 5.41) is 3.49. The second-order valence-electron chi connectivity index (χ2n) is 5.65. The largest absolute Gasteiger partial charge is 0.480 e. The summed E-state index contributed by atoms with van der Waals surface area (Å²) in [6, 6.07) is 0.618. The van der Waals surface area contributed by atoms with Crippen molar-refractivity contribution in [3.63, 3.8) is 0 Å². The monoisotopic (exact) mass is 292 g/mol. The van der Waals surface area contributed by atoms with Crippen LogP contribution in [-0.4, -0.2) is 60.4 Å². The zero-order chi connectivity index (χ0) is 14.7. The summed E-state index contributed by atoms with van der Waals surface area (Å²) < 4.78 is 11.5. The summed E-state index contributed by atoms with van der Waals surface area (Å²) in [6.07, 6.45) is 5.99. The number of nitrogens with zero attached hydrogens (tertiary/aromatic N) is 3. The second kappa shape index (κ2) is 6.68. The van der Waals surface area contributed by atoms with E-state index in [0.717, 1.165) is 25.4 Å². The lowest BCUT2D eigenvalue weighted by molar-refractivity contribution is -0.0660. The summed E-state index contributed by atoms with van der Waals surface area (Å²) >= 11 is 0. The molecule has 21 heavy (non-hydrogen) atoms. The quantitative estimate of drug-likeness (QED) is 0.873. The van der Waals surface area contributed by atoms with Gasteiger partial charge in [-0.3, -0.25) is 9.88 Å². The molecule has 0 radical (unpaired) electrons. The minimum atomic E-state index is 0.0141. The first-order chi connectivity index (χ1) is 10.3. The molecule has 1 aromatic rings. The van der Waals surface area contributed by atoms with Gasteiger partial charge in [0.15, 0.2) is 0 Å². The van der Waals surface area contributed by atoms with Crippen LogP contribution >= 0.6 is 0 Å². The third kappa shape index (κ3) is 3.02. The maximum atomic E-state index is 6.13. The van der Waals surface area contributed by atoms with Crippen molar-refractivity contribution < 1.29 is 9.47 Å². The topological polar surface area (TPSA) is 59.5 Å². The van der Waals surface area contributed by atoms with E-state index in [1.54, 1.807) is 19.5 Å². The van der Waals surface area contributed by atoms with Gasteiger partial charge >= 0.3 is 0 Å². The molecule has 2 fully saturated rings. The number of rotatable bonds is 5. The number of hydrogen-bond donors (Lipinski definition) is 1. The van der Waals surface area contributed by atoms with Crippen LogP contribution in [0.1, 0.15) is 31.5 Å². The number of ether oxygens (including phenoxy) is 2. The molecule has 0 bridgehead atoms. The Kier molecular flexibility index (Phi) is 4.67. The molecule has 1 N–H and O–H groups in total. The fourth-order valence-corrected chi connectivity index (χ4v) is 3.38. The number of hydrogen-bond acceptors (Lipinski definition) is 6. The molecule has 116 valence electrons. The molecule has 0 aromatic carbocycles. The van der Waals surface area contributed by atoms with Gasteiger partial charge in [-0.1, -0.05) is 6.92 Å². The molecule has 0 amide bonds. The van der Waals surface area contributed by atoms with Crippen molar-refractivity contribution in [2.75, 3.05) is 33.4 Å². The molecule has 6 heteroatoms. The van der Waals surface area contributed by atoms with E-state index < -0.39 is 0 Å². The third-order valence-electron chi connectivity index (χ3n) is 4.39. The van der Waals surface area contributed by atoms with Gasteiger partial charge in [-0.15, -0.1) is 0 Å². The molecule has 0 saturated carbocycles. The maximum absolute atomic E-state index is 6.13. The van der Waals surface area contributed by atoms with Crippen LogP contribution in [0.15, 0.2) is 12.4 Å². The number of methoxy groups -OCH3 is 1. The van der Waals surface area contributed by atoms with Crippen molar-refractivity contribution >= 4 is 0 Å². The molecule has 2 aliphatic rings. The van der Waals surface area contributed by atoms with E-state index >= 15 is 0 Å².